The summed E-state index contributed by atoms with van der Waals surface area (Å²) in [4.78, 5) is 16.4. The number of carbonyl (C=O) groups excluding carboxylic acids is 1. The minimum absolute atomic E-state index is 0.157. The quantitative estimate of drug-likeness (QED) is 0.582. The van der Waals surface area contributed by atoms with Crippen LogP contribution >= 0.6 is 0 Å². The normalized spacial score (nSPS) is 11.9. The van der Waals surface area contributed by atoms with Crippen LogP contribution < -0.4 is 10.6 Å². The van der Waals surface area contributed by atoms with Crippen LogP contribution in [0.5, 0.6) is 0 Å². The lowest BCUT2D eigenvalue weighted by Crippen LogP contribution is -2.18. The fourth-order valence-electron chi connectivity index (χ4n) is 3.32. The Hall–Kier alpha value is -3.03. The van der Waals surface area contributed by atoms with Crippen LogP contribution in [0.15, 0.2) is 36.7 Å². The molecule has 1 amide bonds. The van der Waals surface area contributed by atoms with Crippen molar-refractivity contribution in [3.05, 3.63) is 53.3 Å². The molecule has 3 rings (SSSR count). The summed E-state index contributed by atoms with van der Waals surface area (Å²) in [7, 11) is 1.58. The van der Waals surface area contributed by atoms with E-state index in [9.17, 15) is 18.0 Å². The first kappa shape index (κ1) is 21.7. The van der Waals surface area contributed by atoms with Gasteiger partial charge in [-0.15, -0.1) is 0 Å². The van der Waals surface area contributed by atoms with Crippen LogP contribution in [-0.4, -0.2) is 35.1 Å². The fraction of sp³-hybridized carbons (Fsp3) is 0.364. The molecule has 0 atom stereocenters. The average Bonchev–Trinajstić information content (AvgIpc) is 3.10. The number of hydrogen-bond acceptors (Lipinski definition) is 3. The molecule has 1 aromatic carbocycles. The summed E-state index contributed by atoms with van der Waals surface area (Å²) in [5.74, 6) is 0.0283. The van der Waals surface area contributed by atoms with Gasteiger partial charge in [0, 0.05) is 30.9 Å². The van der Waals surface area contributed by atoms with Gasteiger partial charge in [-0.25, -0.2) is 4.98 Å². The number of imidazole rings is 1. The van der Waals surface area contributed by atoms with Gasteiger partial charge < -0.3 is 10.6 Å². The second kappa shape index (κ2) is 8.38. The van der Waals surface area contributed by atoms with Crippen molar-refractivity contribution >= 4 is 17.2 Å². The van der Waals surface area contributed by atoms with Gasteiger partial charge >= 0.3 is 6.18 Å². The molecule has 160 valence electrons. The highest BCUT2D eigenvalue weighted by molar-refractivity contribution is 5.96. The number of fused-ring (bicyclic) bond motifs is 1. The molecule has 30 heavy (non-hydrogen) atoms. The molecule has 2 aromatic heterocycles. The molecular formula is C22H25F3N4O. The topological polar surface area (TPSA) is 58.4 Å². The number of pyridine rings is 1. The number of aromatic nitrogens is 2. The van der Waals surface area contributed by atoms with Crippen LogP contribution in [0.1, 0.15) is 47.7 Å². The highest BCUT2D eigenvalue weighted by Gasteiger charge is 2.26. The van der Waals surface area contributed by atoms with Crippen molar-refractivity contribution in [2.24, 2.45) is 0 Å². The zero-order chi connectivity index (χ0) is 22.1. The Balaban J connectivity index is 2.05. The third-order valence-corrected chi connectivity index (χ3v) is 5.01. The molecule has 8 heteroatoms. The molecule has 0 saturated heterocycles. The number of amides is 1. The number of nitrogens with one attached hydrogen (secondary N) is 2. The van der Waals surface area contributed by atoms with E-state index in [4.69, 9.17) is 0 Å². The summed E-state index contributed by atoms with van der Waals surface area (Å²) in [6, 6.07) is 7.37. The van der Waals surface area contributed by atoms with Crippen LogP contribution in [0, 0.1) is 6.92 Å². The van der Waals surface area contributed by atoms with E-state index in [1.54, 1.807) is 19.3 Å². The van der Waals surface area contributed by atoms with Crippen molar-refractivity contribution in [3.8, 4) is 11.3 Å². The van der Waals surface area contributed by atoms with Crippen molar-refractivity contribution in [2.45, 2.75) is 39.3 Å². The number of nitrogens with zero attached hydrogens (tertiary/aromatic N) is 2. The van der Waals surface area contributed by atoms with Gasteiger partial charge in [0.15, 0.2) is 5.65 Å². The zero-order valence-corrected chi connectivity index (χ0v) is 17.4. The molecule has 0 saturated carbocycles. The van der Waals surface area contributed by atoms with E-state index in [1.165, 1.54) is 0 Å². The van der Waals surface area contributed by atoms with Crippen LogP contribution in [-0.2, 0) is 0 Å². The summed E-state index contributed by atoms with van der Waals surface area (Å²) >= 11 is 0. The minimum Gasteiger partial charge on any atom is -0.382 e. The predicted octanol–water partition coefficient (Wildman–Crippen LogP) is 5.16. The molecule has 0 bridgehead atoms. The number of rotatable bonds is 6. The first-order valence-electron chi connectivity index (χ1n) is 9.75. The van der Waals surface area contributed by atoms with Gasteiger partial charge in [0.05, 0.1) is 24.0 Å². The van der Waals surface area contributed by atoms with Crippen LogP contribution in [0.2, 0.25) is 0 Å². The largest absolute Gasteiger partial charge is 0.390 e. The number of aryl methyl sites for hydroxylation is 1. The molecule has 3 aromatic rings. The molecule has 5 nitrogen and oxygen atoms in total. The molecule has 0 unspecified atom stereocenters. The van der Waals surface area contributed by atoms with Crippen molar-refractivity contribution in [1.29, 1.82) is 0 Å². The Morgan fingerprint density at radius 1 is 1.23 bits per heavy atom. The summed E-state index contributed by atoms with van der Waals surface area (Å²) in [5, 5.41) is 5.51. The zero-order valence-electron chi connectivity index (χ0n) is 17.4. The Morgan fingerprint density at radius 3 is 2.57 bits per heavy atom. The van der Waals surface area contributed by atoms with E-state index < -0.39 is 12.6 Å². The van der Waals surface area contributed by atoms with Gasteiger partial charge in [0.1, 0.15) is 0 Å². The van der Waals surface area contributed by atoms with Gasteiger partial charge in [0.2, 0.25) is 0 Å². The second-order valence-electron chi connectivity index (χ2n) is 7.58. The van der Waals surface area contributed by atoms with Gasteiger partial charge in [0.25, 0.3) is 5.91 Å². The van der Waals surface area contributed by atoms with Gasteiger partial charge in [-0.3, -0.25) is 9.20 Å². The van der Waals surface area contributed by atoms with Crippen molar-refractivity contribution in [3.63, 3.8) is 0 Å². The van der Waals surface area contributed by atoms with E-state index in [-0.39, 0.29) is 18.4 Å². The Bertz CT molecular complexity index is 1070. The Morgan fingerprint density at radius 2 is 1.97 bits per heavy atom. The third-order valence-electron chi connectivity index (χ3n) is 5.01. The average molecular weight is 418 g/mol. The van der Waals surface area contributed by atoms with E-state index in [0.717, 1.165) is 22.4 Å². The highest BCUT2D eigenvalue weighted by Crippen LogP contribution is 2.30. The fourth-order valence-corrected chi connectivity index (χ4v) is 3.32. The first-order valence-corrected chi connectivity index (χ1v) is 9.75. The van der Waals surface area contributed by atoms with Crippen LogP contribution in [0.3, 0.4) is 0 Å². The van der Waals surface area contributed by atoms with E-state index in [2.05, 4.69) is 15.6 Å². The first-order chi connectivity index (χ1) is 14.1. The number of halogens is 3. The summed E-state index contributed by atoms with van der Waals surface area (Å²) in [6.45, 7) is 5.70. The lowest BCUT2D eigenvalue weighted by molar-refractivity contribution is -0.131. The molecule has 0 aliphatic carbocycles. The standard InChI is InChI=1S/C22H25F3N4O/c1-13(2)16-10-18(27-8-7-22(23,24)25)20-28-11-19(29(20)12-16)15-5-6-17(14(3)9-15)21(30)26-4/h5-6,9-13,27H,7-8H2,1-4H3,(H,26,30). The van der Waals surface area contributed by atoms with Crippen molar-refractivity contribution in [2.75, 3.05) is 18.9 Å². The maximum atomic E-state index is 12.6. The maximum absolute atomic E-state index is 12.6. The van der Waals surface area contributed by atoms with Crippen LogP contribution in [0.25, 0.3) is 16.9 Å². The summed E-state index contributed by atoms with van der Waals surface area (Å²) < 4.78 is 39.6. The van der Waals surface area contributed by atoms with Crippen molar-refractivity contribution < 1.29 is 18.0 Å². The maximum Gasteiger partial charge on any atom is 0.390 e. The summed E-state index contributed by atoms with van der Waals surface area (Å²) in [5.41, 5.74) is 5.19. The Kier molecular flexibility index (Phi) is 6.05. The number of hydrogen-bond donors (Lipinski definition) is 2. The van der Waals surface area contributed by atoms with E-state index in [0.29, 0.717) is 16.9 Å². The molecule has 0 fully saturated rings. The lowest BCUT2D eigenvalue weighted by Gasteiger charge is -2.15. The molecule has 2 N–H and O–H groups in total. The van der Waals surface area contributed by atoms with Crippen LogP contribution in [0.4, 0.5) is 18.9 Å². The molecular weight excluding hydrogens is 393 g/mol. The molecule has 2 heterocycles. The van der Waals surface area contributed by atoms with E-state index in [1.807, 2.05) is 49.6 Å². The van der Waals surface area contributed by atoms with Gasteiger partial charge in [-0.1, -0.05) is 19.9 Å². The molecule has 0 spiro atoms. The minimum atomic E-state index is -4.22. The predicted molar refractivity (Wildman–Crippen MR) is 112 cm³/mol. The van der Waals surface area contributed by atoms with Gasteiger partial charge in [-0.05, 0) is 42.2 Å². The smallest absolute Gasteiger partial charge is 0.382 e. The molecule has 0 radical (unpaired) electrons. The lowest BCUT2D eigenvalue weighted by atomic mass is 10.0. The number of carbonyl (C=O) groups is 1. The molecule has 0 aliphatic rings. The highest BCUT2D eigenvalue weighted by atomic mass is 19.4. The Labute approximate surface area is 173 Å². The number of alkyl halides is 3. The monoisotopic (exact) mass is 418 g/mol. The molecule has 0 aliphatic heterocycles. The second-order valence-corrected chi connectivity index (χ2v) is 7.58. The van der Waals surface area contributed by atoms with Crippen molar-refractivity contribution in [1.82, 2.24) is 14.7 Å². The number of anilines is 1. The SMILES string of the molecule is CNC(=O)c1ccc(-c2cnc3c(NCCC(F)(F)F)cc(C(C)C)cn23)cc1C. The van der Waals surface area contributed by atoms with Gasteiger partial charge in [-0.2, -0.15) is 13.2 Å². The summed E-state index contributed by atoms with van der Waals surface area (Å²) in [6.07, 6.45) is -1.48. The third kappa shape index (κ3) is 4.58. The van der Waals surface area contributed by atoms with E-state index >= 15 is 0 Å². The number of benzene rings is 1.